The molecule has 0 spiro atoms. The first kappa shape index (κ1) is 13.6. The average Bonchev–Trinajstić information content (AvgIpc) is 3.00. The van der Waals surface area contributed by atoms with Gasteiger partial charge in [0.15, 0.2) is 0 Å². The topological polar surface area (TPSA) is 28.4 Å². The Labute approximate surface area is 111 Å². The van der Waals surface area contributed by atoms with Gasteiger partial charge in [-0.3, -0.25) is 0 Å². The van der Waals surface area contributed by atoms with E-state index in [1.54, 1.807) is 6.26 Å². The van der Waals surface area contributed by atoms with Gasteiger partial charge >= 0.3 is 0 Å². The fraction of sp³-hybridized carbons (Fsp3) is 0.733. The lowest BCUT2D eigenvalue weighted by Gasteiger charge is -2.22. The maximum atomic E-state index is 5.40. The second-order valence-corrected chi connectivity index (χ2v) is 5.44. The summed E-state index contributed by atoms with van der Waals surface area (Å²) in [5, 5.41) is 3.53. The summed E-state index contributed by atoms with van der Waals surface area (Å²) in [6.45, 7) is 9.13. The van der Waals surface area contributed by atoms with Crippen LogP contribution in [0.5, 0.6) is 0 Å². The van der Waals surface area contributed by atoms with Gasteiger partial charge in [0.1, 0.15) is 5.76 Å². The van der Waals surface area contributed by atoms with Crippen molar-refractivity contribution in [2.75, 3.05) is 26.2 Å². The van der Waals surface area contributed by atoms with Crippen LogP contribution in [0.25, 0.3) is 0 Å². The van der Waals surface area contributed by atoms with Crippen LogP contribution in [-0.2, 0) is 0 Å². The van der Waals surface area contributed by atoms with Gasteiger partial charge in [0.25, 0.3) is 0 Å². The fourth-order valence-electron chi connectivity index (χ4n) is 2.35. The second kappa shape index (κ2) is 6.95. The van der Waals surface area contributed by atoms with E-state index in [0.29, 0.717) is 6.04 Å². The molecule has 3 heteroatoms. The Bertz CT molecular complexity index is 319. The van der Waals surface area contributed by atoms with Gasteiger partial charge in [-0.25, -0.2) is 0 Å². The van der Waals surface area contributed by atoms with Crippen molar-refractivity contribution >= 4 is 0 Å². The Balaban J connectivity index is 1.65. The van der Waals surface area contributed by atoms with Crippen molar-refractivity contribution in [1.82, 2.24) is 10.2 Å². The zero-order chi connectivity index (χ0) is 12.8. The van der Waals surface area contributed by atoms with Crippen LogP contribution in [-0.4, -0.2) is 31.1 Å². The van der Waals surface area contributed by atoms with Gasteiger partial charge in [-0.2, -0.15) is 0 Å². The zero-order valence-corrected chi connectivity index (χ0v) is 11.7. The van der Waals surface area contributed by atoms with Crippen LogP contribution in [0.4, 0.5) is 0 Å². The largest absolute Gasteiger partial charge is 0.468 e. The smallest absolute Gasteiger partial charge is 0.120 e. The van der Waals surface area contributed by atoms with E-state index in [0.717, 1.165) is 24.8 Å². The van der Waals surface area contributed by atoms with Crippen LogP contribution in [0.1, 0.15) is 44.9 Å². The minimum absolute atomic E-state index is 0.310. The molecule has 0 radical (unpaired) electrons. The van der Waals surface area contributed by atoms with Crippen LogP contribution < -0.4 is 5.32 Å². The Morgan fingerprint density at radius 1 is 1.44 bits per heavy atom. The molecule has 2 rings (SSSR count). The Morgan fingerprint density at radius 3 is 2.89 bits per heavy atom. The Morgan fingerprint density at radius 2 is 2.28 bits per heavy atom. The molecule has 0 bridgehead atoms. The van der Waals surface area contributed by atoms with Crippen molar-refractivity contribution in [1.29, 1.82) is 0 Å². The van der Waals surface area contributed by atoms with Crippen LogP contribution in [0.2, 0.25) is 0 Å². The molecule has 0 saturated heterocycles. The van der Waals surface area contributed by atoms with E-state index < -0.39 is 0 Å². The predicted octanol–water partition coefficient (Wildman–Crippen LogP) is 3.05. The highest BCUT2D eigenvalue weighted by molar-refractivity contribution is 5.02. The molecule has 1 aliphatic carbocycles. The Kier molecular flexibility index (Phi) is 5.26. The van der Waals surface area contributed by atoms with Gasteiger partial charge in [0.2, 0.25) is 0 Å². The van der Waals surface area contributed by atoms with Gasteiger partial charge in [-0.15, -0.1) is 0 Å². The summed E-state index contributed by atoms with van der Waals surface area (Å²) in [5.41, 5.74) is 0. The van der Waals surface area contributed by atoms with Crippen molar-refractivity contribution in [2.45, 2.75) is 39.2 Å². The molecular weight excluding hydrogens is 224 g/mol. The molecule has 0 amide bonds. The van der Waals surface area contributed by atoms with Gasteiger partial charge in [0.05, 0.1) is 12.3 Å². The maximum absolute atomic E-state index is 5.40. The number of furan rings is 1. The summed E-state index contributed by atoms with van der Waals surface area (Å²) >= 11 is 0. The van der Waals surface area contributed by atoms with E-state index in [1.807, 2.05) is 12.1 Å². The van der Waals surface area contributed by atoms with Crippen LogP contribution in [0.15, 0.2) is 22.8 Å². The zero-order valence-electron chi connectivity index (χ0n) is 11.7. The molecular formula is C15H26N2O. The number of nitrogens with zero attached hydrogens (tertiary/aromatic N) is 1. The lowest BCUT2D eigenvalue weighted by atomic mass is 10.2. The second-order valence-electron chi connectivity index (χ2n) is 5.44. The summed E-state index contributed by atoms with van der Waals surface area (Å²) < 4.78 is 5.40. The van der Waals surface area contributed by atoms with Crippen molar-refractivity contribution in [3.63, 3.8) is 0 Å². The summed E-state index contributed by atoms with van der Waals surface area (Å²) in [6.07, 6.45) is 5.87. The van der Waals surface area contributed by atoms with Crippen molar-refractivity contribution in [3.8, 4) is 0 Å². The highest BCUT2D eigenvalue weighted by Gasteiger charge is 2.23. The molecule has 1 aliphatic rings. The van der Waals surface area contributed by atoms with Gasteiger partial charge in [-0.1, -0.05) is 6.92 Å². The van der Waals surface area contributed by atoms with Crippen LogP contribution in [0.3, 0.4) is 0 Å². The number of nitrogens with one attached hydrogen (secondary N) is 1. The van der Waals surface area contributed by atoms with Crippen molar-refractivity contribution in [3.05, 3.63) is 24.2 Å². The van der Waals surface area contributed by atoms with Crippen LogP contribution in [0, 0.1) is 5.92 Å². The lowest BCUT2D eigenvalue weighted by molar-refractivity contribution is 0.257. The van der Waals surface area contributed by atoms with Crippen LogP contribution >= 0.6 is 0 Å². The molecule has 0 aliphatic heterocycles. The first-order valence-electron chi connectivity index (χ1n) is 7.28. The molecule has 102 valence electrons. The molecule has 1 fully saturated rings. The van der Waals surface area contributed by atoms with E-state index in [1.165, 1.54) is 32.4 Å². The molecule has 1 aromatic heterocycles. The third kappa shape index (κ3) is 4.46. The molecule has 3 nitrogen and oxygen atoms in total. The third-order valence-corrected chi connectivity index (χ3v) is 3.60. The number of rotatable bonds is 9. The average molecular weight is 250 g/mol. The first-order chi connectivity index (χ1) is 8.79. The molecule has 0 aromatic carbocycles. The fourth-order valence-corrected chi connectivity index (χ4v) is 2.35. The van der Waals surface area contributed by atoms with E-state index in [2.05, 4.69) is 24.1 Å². The van der Waals surface area contributed by atoms with E-state index in [4.69, 9.17) is 4.42 Å². The molecule has 18 heavy (non-hydrogen) atoms. The Hall–Kier alpha value is -0.800. The van der Waals surface area contributed by atoms with Crippen molar-refractivity contribution < 1.29 is 4.42 Å². The molecule has 1 aromatic rings. The van der Waals surface area contributed by atoms with E-state index >= 15 is 0 Å². The van der Waals surface area contributed by atoms with E-state index in [9.17, 15) is 0 Å². The summed E-state index contributed by atoms with van der Waals surface area (Å²) in [6, 6.07) is 4.29. The summed E-state index contributed by atoms with van der Waals surface area (Å²) in [7, 11) is 0. The first-order valence-corrected chi connectivity index (χ1v) is 7.28. The van der Waals surface area contributed by atoms with Crippen molar-refractivity contribution in [2.24, 2.45) is 5.92 Å². The molecule has 1 atom stereocenters. The monoisotopic (exact) mass is 250 g/mol. The third-order valence-electron chi connectivity index (χ3n) is 3.60. The summed E-state index contributed by atoms with van der Waals surface area (Å²) in [4.78, 5) is 2.60. The standard InChI is InChI=1S/C15H26N2O/c1-3-9-17(12-14-6-7-14)10-8-16-13(2)15-5-4-11-18-15/h4-5,11,13-14,16H,3,6-10,12H2,1-2H3. The SMILES string of the molecule is CCCN(CCNC(C)c1ccco1)CC1CC1. The quantitative estimate of drug-likeness (QED) is 0.730. The molecule has 1 saturated carbocycles. The highest BCUT2D eigenvalue weighted by Crippen LogP contribution is 2.29. The van der Waals surface area contributed by atoms with Gasteiger partial charge < -0.3 is 14.6 Å². The minimum atomic E-state index is 0.310. The number of hydrogen-bond acceptors (Lipinski definition) is 3. The van der Waals surface area contributed by atoms with Gasteiger partial charge in [0, 0.05) is 19.6 Å². The minimum Gasteiger partial charge on any atom is -0.468 e. The summed E-state index contributed by atoms with van der Waals surface area (Å²) in [5.74, 6) is 2.01. The molecule has 1 unspecified atom stereocenters. The lowest BCUT2D eigenvalue weighted by Crippen LogP contribution is -2.35. The highest BCUT2D eigenvalue weighted by atomic mass is 16.3. The molecule has 1 heterocycles. The van der Waals surface area contributed by atoms with E-state index in [-0.39, 0.29) is 0 Å². The maximum Gasteiger partial charge on any atom is 0.120 e. The predicted molar refractivity (Wildman–Crippen MR) is 74.6 cm³/mol. The normalized spacial score (nSPS) is 17.3. The molecule has 1 N–H and O–H groups in total. The number of hydrogen-bond donors (Lipinski definition) is 1. The van der Waals surface area contributed by atoms with Gasteiger partial charge in [-0.05, 0) is 50.8 Å².